The molecule has 0 spiro atoms. The first kappa shape index (κ1) is 21.7. The van der Waals surface area contributed by atoms with Crippen LogP contribution in [-0.2, 0) is 12.8 Å². The van der Waals surface area contributed by atoms with E-state index in [2.05, 4.69) is 50.5 Å². The molecule has 6 nitrogen and oxygen atoms in total. The van der Waals surface area contributed by atoms with Crippen LogP contribution in [0.5, 0.6) is 0 Å². The van der Waals surface area contributed by atoms with Gasteiger partial charge in [-0.05, 0) is 48.7 Å². The molecule has 1 aromatic heterocycles. The maximum Gasteiger partial charge on any atom is 0.205 e. The maximum atomic E-state index is 13.1. The van der Waals surface area contributed by atoms with E-state index >= 15 is 0 Å². The van der Waals surface area contributed by atoms with Crippen LogP contribution >= 0.6 is 11.5 Å². The van der Waals surface area contributed by atoms with E-state index in [9.17, 15) is 9.50 Å². The molecular weight excluding hydrogens is 413 g/mol. The molecule has 31 heavy (non-hydrogen) atoms. The highest BCUT2D eigenvalue weighted by atomic mass is 32.1. The second-order valence-corrected chi connectivity index (χ2v) is 8.63. The fourth-order valence-corrected chi connectivity index (χ4v) is 4.53. The Morgan fingerprint density at radius 3 is 2.52 bits per heavy atom. The van der Waals surface area contributed by atoms with Crippen LogP contribution in [-0.4, -0.2) is 51.4 Å². The van der Waals surface area contributed by atoms with Crippen molar-refractivity contribution in [1.82, 2.24) is 14.3 Å². The Morgan fingerprint density at radius 2 is 1.84 bits per heavy atom. The van der Waals surface area contributed by atoms with Gasteiger partial charge in [-0.3, -0.25) is 4.90 Å². The van der Waals surface area contributed by atoms with Crippen LogP contribution in [0.25, 0.3) is 0 Å². The number of nitrogens with one attached hydrogen (secondary N) is 1. The highest BCUT2D eigenvalue weighted by Crippen LogP contribution is 2.23. The Kier molecular flexibility index (Phi) is 6.80. The summed E-state index contributed by atoms with van der Waals surface area (Å²) in [7, 11) is 0. The van der Waals surface area contributed by atoms with Crippen LogP contribution in [0.3, 0.4) is 0 Å². The van der Waals surface area contributed by atoms with E-state index in [1.54, 1.807) is 12.1 Å². The van der Waals surface area contributed by atoms with Crippen LogP contribution in [0, 0.1) is 5.82 Å². The number of aliphatic hydroxyl groups is 1. The van der Waals surface area contributed by atoms with Crippen molar-refractivity contribution in [2.24, 2.45) is 0 Å². The molecule has 0 aliphatic carbocycles. The second-order valence-electron chi connectivity index (χ2n) is 7.90. The molecular formula is C23H28FN5OS. The van der Waals surface area contributed by atoms with Crippen molar-refractivity contribution in [3.8, 4) is 0 Å². The van der Waals surface area contributed by atoms with E-state index in [4.69, 9.17) is 0 Å². The molecule has 1 saturated heterocycles. The molecule has 3 aromatic rings. The summed E-state index contributed by atoms with van der Waals surface area (Å²) in [6, 6.07) is 14.8. The topological polar surface area (TPSA) is 64.5 Å². The summed E-state index contributed by atoms with van der Waals surface area (Å²) in [5.41, 5.74) is 3.18. The Bertz CT molecular complexity index is 978. The number of hydrogen-bond donors (Lipinski definition) is 2. The molecule has 0 bridgehead atoms. The van der Waals surface area contributed by atoms with Crippen molar-refractivity contribution in [1.29, 1.82) is 0 Å². The molecule has 2 atom stereocenters. The Morgan fingerprint density at radius 1 is 1.13 bits per heavy atom. The van der Waals surface area contributed by atoms with Gasteiger partial charge in [0.15, 0.2) is 6.35 Å². The third-order valence-corrected chi connectivity index (χ3v) is 6.47. The predicted octanol–water partition coefficient (Wildman–Crippen LogP) is 3.73. The first-order valence-electron chi connectivity index (χ1n) is 10.6. The van der Waals surface area contributed by atoms with Gasteiger partial charge in [0.1, 0.15) is 11.6 Å². The van der Waals surface area contributed by atoms with E-state index in [0.29, 0.717) is 6.42 Å². The first-order chi connectivity index (χ1) is 15.0. The zero-order chi connectivity index (χ0) is 21.8. The van der Waals surface area contributed by atoms with Crippen LogP contribution in [0.2, 0.25) is 0 Å². The summed E-state index contributed by atoms with van der Waals surface area (Å²) in [5.74, 6) is 0.510. The average molecular weight is 442 g/mol. The van der Waals surface area contributed by atoms with Crippen LogP contribution in [0.15, 0.2) is 48.5 Å². The van der Waals surface area contributed by atoms with Crippen LogP contribution in [0.4, 0.5) is 15.2 Å². The lowest BCUT2D eigenvalue weighted by molar-refractivity contribution is -0.00529. The summed E-state index contributed by atoms with van der Waals surface area (Å²) in [4.78, 5) is 8.96. The average Bonchev–Trinajstić information content (AvgIpc) is 3.24. The Balaban J connectivity index is 1.33. The van der Waals surface area contributed by atoms with E-state index in [1.165, 1.54) is 29.2 Å². The number of rotatable bonds is 7. The van der Waals surface area contributed by atoms with Crippen molar-refractivity contribution in [2.45, 2.75) is 39.1 Å². The Hall–Kier alpha value is -2.55. The standard InChI is InChI=1S/C23H28FN5OS/c1-3-17-6-10-20(11-7-17)25-22(30)29-13-12-28(15-16(29)2)23-26-21(27-31-23)14-18-4-8-19(24)9-5-18/h4-11,16,22,25,30H,3,12-15H2,1-2H3. The number of hydrogen-bond acceptors (Lipinski definition) is 7. The summed E-state index contributed by atoms with van der Waals surface area (Å²) in [6.07, 6.45) is 0.846. The molecule has 0 radical (unpaired) electrons. The second kappa shape index (κ2) is 9.72. The van der Waals surface area contributed by atoms with Crippen molar-refractivity contribution in [2.75, 3.05) is 29.9 Å². The molecule has 0 amide bonds. The highest BCUT2D eigenvalue weighted by Gasteiger charge is 2.29. The summed E-state index contributed by atoms with van der Waals surface area (Å²) >= 11 is 1.39. The monoisotopic (exact) mass is 441 g/mol. The lowest BCUT2D eigenvalue weighted by atomic mass is 10.1. The van der Waals surface area contributed by atoms with Gasteiger partial charge in [-0.15, -0.1) is 0 Å². The Labute approximate surface area is 186 Å². The number of nitrogens with zero attached hydrogens (tertiary/aromatic N) is 4. The zero-order valence-corrected chi connectivity index (χ0v) is 18.6. The molecule has 2 aromatic carbocycles. The van der Waals surface area contributed by atoms with E-state index in [1.807, 2.05) is 12.1 Å². The number of piperazine rings is 1. The third kappa shape index (κ3) is 5.39. The van der Waals surface area contributed by atoms with Crippen molar-refractivity contribution < 1.29 is 9.50 Å². The first-order valence-corrected chi connectivity index (χ1v) is 11.4. The van der Waals surface area contributed by atoms with Gasteiger partial charge < -0.3 is 15.3 Å². The van der Waals surface area contributed by atoms with E-state index < -0.39 is 6.35 Å². The van der Waals surface area contributed by atoms with Gasteiger partial charge in [-0.2, -0.15) is 4.37 Å². The summed E-state index contributed by atoms with van der Waals surface area (Å²) < 4.78 is 17.6. The minimum atomic E-state index is -0.743. The fourth-order valence-electron chi connectivity index (χ4n) is 3.81. The molecule has 8 heteroatoms. The van der Waals surface area contributed by atoms with Gasteiger partial charge in [0, 0.05) is 49.3 Å². The molecule has 164 valence electrons. The summed E-state index contributed by atoms with van der Waals surface area (Å²) in [5, 5.41) is 14.8. The smallest absolute Gasteiger partial charge is 0.205 e. The molecule has 1 aliphatic heterocycles. The molecule has 1 aliphatic rings. The molecule has 0 saturated carbocycles. The van der Waals surface area contributed by atoms with Crippen LogP contribution < -0.4 is 10.2 Å². The maximum absolute atomic E-state index is 13.1. The fraction of sp³-hybridized carbons (Fsp3) is 0.391. The van der Waals surface area contributed by atoms with Gasteiger partial charge in [-0.1, -0.05) is 31.2 Å². The van der Waals surface area contributed by atoms with Gasteiger partial charge in [0.2, 0.25) is 5.13 Å². The van der Waals surface area contributed by atoms with Crippen LogP contribution in [0.1, 0.15) is 30.8 Å². The number of aromatic nitrogens is 2. The van der Waals surface area contributed by atoms with Crippen molar-refractivity contribution >= 4 is 22.4 Å². The molecule has 2 N–H and O–H groups in total. The number of benzene rings is 2. The zero-order valence-electron chi connectivity index (χ0n) is 17.8. The normalized spacial score (nSPS) is 18.2. The third-order valence-electron chi connectivity index (χ3n) is 5.65. The number of anilines is 2. The van der Waals surface area contributed by atoms with Gasteiger partial charge in [0.25, 0.3) is 0 Å². The van der Waals surface area contributed by atoms with E-state index in [0.717, 1.165) is 48.3 Å². The molecule has 2 unspecified atom stereocenters. The SMILES string of the molecule is CCc1ccc(NC(O)N2CCN(c3nc(Cc4ccc(F)cc4)ns3)CC2C)cc1. The van der Waals surface area contributed by atoms with Gasteiger partial charge in [0.05, 0.1) is 0 Å². The van der Waals surface area contributed by atoms with Gasteiger partial charge in [-0.25, -0.2) is 9.37 Å². The molecule has 4 rings (SSSR count). The molecule has 1 fully saturated rings. The number of aliphatic hydroxyl groups excluding tert-OH is 1. The van der Waals surface area contributed by atoms with Crippen molar-refractivity contribution in [3.63, 3.8) is 0 Å². The minimum absolute atomic E-state index is 0.149. The lowest BCUT2D eigenvalue weighted by Gasteiger charge is -2.42. The molecule has 2 heterocycles. The number of aryl methyl sites for hydroxylation is 1. The lowest BCUT2D eigenvalue weighted by Crippen LogP contribution is -2.57. The summed E-state index contributed by atoms with van der Waals surface area (Å²) in [6.45, 7) is 6.48. The van der Waals surface area contributed by atoms with E-state index in [-0.39, 0.29) is 11.9 Å². The highest BCUT2D eigenvalue weighted by molar-refractivity contribution is 7.09. The quantitative estimate of drug-likeness (QED) is 0.545. The number of halogens is 1. The predicted molar refractivity (Wildman–Crippen MR) is 123 cm³/mol. The largest absolute Gasteiger partial charge is 0.361 e. The van der Waals surface area contributed by atoms with Crippen molar-refractivity contribution in [3.05, 3.63) is 71.3 Å². The minimum Gasteiger partial charge on any atom is -0.361 e. The van der Waals surface area contributed by atoms with Gasteiger partial charge >= 0.3 is 0 Å².